The Morgan fingerprint density at radius 3 is 2.22 bits per heavy atom. The third kappa shape index (κ3) is 5.44. The highest BCUT2D eigenvalue weighted by molar-refractivity contribution is 6.30. The highest BCUT2D eigenvalue weighted by Gasteiger charge is 2.13. The van der Waals surface area contributed by atoms with Crippen molar-refractivity contribution in [2.45, 2.75) is 6.42 Å². The minimum absolute atomic E-state index is 0.363. The number of carbonyl (C=O) groups is 1. The van der Waals surface area contributed by atoms with Gasteiger partial charge in [-0.2, -0.15) is 0 Å². The van der Waals surface area contributed by atoms with Crippen LogP contribution < -0.4 is 14.2 Å². The van der Waals surface area contributed by atoms with Crippen molar-refractivity contribution in [3.05, 3.63) is 65.8 Å². The number of rotatable bonds is 10. The first-order valence-corrected chi connectivity index (χ1v) is 10.1. The summed E-state index contributed by atoms with van der Waals surface area (Å²) in [5, 5.41) is 18.0. The van der Waals surface area contributed by atoms with Crippen LogP contribution in [-0.4, -0.2) is 50.9 Å². The maximum Gasteiger partial charge on any atom is 0.341 e. The van der Waals surface area contributed by atoms with Crippen LogP contribution in [0.15, 0.2) is 60.8 Å². The predicted molar refractivity (Wildman–Crippen MR) is 117 cm³/mol. The van der Waals surface area contributed by atoms with Gasteiger partial charge in [0.05, 0.1) is 18.2 Å². The van der Waals surface area contributed by atoms with Gasteiger partial charge in [-0.25, -0.2) is 9.78 Å². The van der Waals surface area contributed by atoms with Crippen molar-refractivity contribution in [1.29, 1.82) is 0 Å². The summed E-state index contributed by atoms with van der Waals surface area (Å²) >= 11 is 6.12. The van der Waals surface area contributed by atoms with Crippen LogP contribution in [0.25, 0.3) is 16.7 Å². The molecule has 1 N–H and O–H groups in total. The number of nitrogens with zero attached hydrogens (tertiary/aromatic N) is 4. The minimum atomic E-state index is -1.03. The zero-order valence-electron chi connectivity index (χ0n) is 16.8. The van der Waals surface area contributed by atoms with E-state index in [-0.39, 0.29) is 6.61 Å². The fraction of sp³-hybridized carbons (Fsp3) is 0.182. The number of hydrogen-bond acceptors (Lipinski definition) is 7. The molecule has 9 nitrogen and oxygen atoms in total. The Labute approximate surface area is 188 Å². The number of pyridine rings is 1. The van der Waals surface area contributed by atoms with Crippen molar-refractivity contribution in [2.75, 3.05) is 19.8 Å². The molecule has 0 radical (unpaired) electrons. The van der Waals surface area contributed by atoms with Gasteiger partial charge in [0.25, 0.3) is 0 Å². The molecule has 10 heteroatoms. The average molecular weight is 455 g/mol. The second-order valence-electron chi connectivity index (χ2n) is 6.66. The molecule has 0 fully saturated rings. The predicted octanol–water partition coefficient (Wildman–Crippen LogP) is 3.78. The van der Waals surface area contributed by atoms with Crippen LogP contribution in [0.1, 0.15) is 6.42 Å². The Bertz CT molecular complexity index is 1180. The van der Waals surface area contributed by atoms with Crippen LogP contribution in [0.2, 0.25) is 5.02 Å². The Morgan fingerprint density at radius 1 is 0.938 bits per heavy atom. The summed E-state index contributed by atoms with van der Waals surface area (Å²) in [4.78, 5) is 16.3. The molecule has 2 heterocycles. The summed E-state index contributed by atoms with van der Waals surface area (Å²) in [5.74, 6) is 0.449. The fourth-order valence-electron chi connectivity index (χ4n) is 2.83. The lowest BCUT2D eigenvalue weighted by atomic mass is 10.3. The van der Waals surface area contributed by atoms with Crippen molar-refractivity contribution in [3.8, 4) is 23.1 Å². The van der Waals surface area contributed by atoms with Crippen molar-refractivity contribution in [1.82, 2.24) is 20.0 Å². The molecule has 0 aliphatic rings. The summed E-state index contributed by atoms with van der Waals surface area (Å²) in [6.07, 6.45) is 2.11. The molecule has 0 spiro atoms. The van der Waals surface area contributed by atoms with Gasteiger partial charge in [0.2, 0.25) is 5.88 Å². The molecule has 164 valence electrons. The Kier molecular flexibility index (Phi) is 6.66. The lowest BCUT2D eigenvalue weighted by Crippen LogP contribution is -2.10. The van der Waals surface area contributed by atoms with Crippen molar-refractivity contribution in [2.24, 2.45) is 0 Å². The molecule has 0 saturated heterocycles. The van der Waals surface area contributed by atoms with Gasteiger partial charge in [-0.1, -0.05) is 23.7 Å². The van der Waals surface area contributed by atoms with E-state index in [2.05, 4.69) is 15.2 Å². The highest BCUT2D eigenvalue weighted by atomic mass is 35.5. The van der Waals surface area contributed by atoms with E-state index in [0.717, 1.165) is 11.0 Å². The van der Waals surface area contributed by atoms with Crippen molar-refractivity contribution < 1.29 is 24.1 Å². The van der Waals surface area contributed by atoms with E-state index < -0.39 is 5.97 Å². The van der Waals surface area contributed by atoms with Crippen LogP contribution >= 0.6 is 11.6 Å². The number of hydrogen-bond donors (Lipinski definition) is 1. The first-order valence-electron chi connectivity index (χ1n) is 9.77. The van der Waals surface area contributed by atoms with E-state index in [9.17, 15) is 4.79 Å². The van der Waals surface area contributed by atoms with Gasteiger partial charge < -0.3 is 19.3 Å². The van der Waals surface area contributed by atoms with Crippen LogP contribution in [0.4, 0.5) is 0 Å². The monoisotopic (exact) mass is 454 g/mol. The maximum absolute atomic E-state index is 10.5. The lowest BCUT2D eigenvalue weighted by molar-refractivity contribution is -0.139. The number of carboxylic acids is 1. The number of fused-ring (bicyclic) bond motifs is 1. The lowest BCUT2D eigenvalue weighted by Gasteiger charge is -2.11. The molecule has 0 atom stereocenters. The average Bonchev–Trinajstić information content (AvgIpc) is 3.23. The molecule has 0 aliphatic heterocycles. The van der Waals surface area contributed by atoms with E-state index in [0.29, 0.717) is 47.7 Å². The summed E-state index contributed by atoms with van der Waals surface area (Å²) < 4.78 is 16.6. The topological polar surface area (TPSA) is 109 Å². The highest BCUT2D eigenvalue weighted by Crippen LogP contribution is 2.24. The van der Waals surface area contributed by atoms with Crippen molar-refractivity contribution >= 4 is 28.6 Å². The first kappa shape index (κ1) is 21.4. The van der Waals surface area contributed by atoms with Crippen LogP contribution in [0, 0.1) is 0 Å². The quantitative estimate of drug-likeness (QED) is 0.360. The second-order valence-corrected chi connectivity index (χ2v) is 7.10. The van der Waals surface area contributed by atoms with Gasteiger partial charge in [0.15, 0.2) is 6.61 Å². The molecule has 0 amide bonds. The number of halogens is 1. The number of aromatic nitrogens is 4. The maximum atomic E-state index is 10.5. The van der Waals surface area contributed by atoms with Gasteiger partial charge in [-0.3, -0.25) is 0 Å². The molecule has 0 bridgehead atoms. The number of aliphatic carboxylic acids is 1. The largest absolute Gasteiger partial charge is 0.493 e. The summed E-state index contributed by atoms with van der Waals surface area (Å²) in [6.45, 7) is 0.396. The fourth-order valence-corrected chi connectivity index (χ4v) is 2.99. The Hall–Kier alpha value is -3.85. The molecular formula is C22H19ClN4O5. The van der Waals surface area contributed by atoms with Gasteiger partial charge in [-0.05, 0) is 42.5 Å². The molecule has 32 heavy (non-hydrogen) atoms. The van der Waals surface area contributed by atoms with E-state index >= 15 is 0 Å². The summed E-state index contributed by atoms with van der Waals surface area (Å²) in [5.41, 5.74) is 2.06. The summed E-state index contributed by atoms with van der Waals surface area (Å²) in [6, 6.07) is 16.0. The van der Waals surface area contributed by atoms with Gasteiger partial charge in [-0.15, -0.1) is 15.0 Å². The zero-order valence-corrected chi connectivity index (χ0v) is 17.6. The molecule has 0 aliphatic carbocycles. The second kappa shape index (κ2) is 9.97. The van der Waals surface area contributed by atoms with E-state index in [1.165, 1.54) is 11.0 Å². The van der Waals surface area contributed by atoms with E-state index in [1.807, 2.05) is 24.3 Å². The molecule has 2 aromatic carbocycles. The van der Waals surface area contributed by atoms with Gasteiger partial charge in [0.1, 0.15) is 28.2 Å². The molecule has 0 saturated carbocycles. The SMILES string of the molecule is O=C(O)COc1ccc(OCCCOc2ncc(Cl)cc2-n2nc3ccccc3n2)cc1. The van der Waals surface area contributed by atoms with Crippen LogP contribution in [0.5, 0.6) is 17.4 Å². The molecule has 2 aromatic heterocycles. The zero-order chi connectivity index (χ0) is 22.3. The third-order valence-electron chi connectivity index (χ3n) is 4.28. The standard InChI is InChI=1S/C22H19ClN4O5/c23-15-12-20(27-25-18-4-1-2-5-19(18)26-27)22(24-13-15)31-11-3-10-30-16-6-8-17(9-7-16)32-14-21(28)29/h1-2,4-9,12-13H,3,10-11,14H2,(H,28,29). The number of benzene rings is 2. The number of carboxylic acid groups (broad SMARTS) is 1. The Balaban J connectivity index is 1.31. The summed E-state index contributed by atoms with van der Waals surface area (Å²) in [7, 11) is 0. The molecular weight excluding hydrogens is 436 g/mol. The normalized spacial score (nSPS) is 10.8. The van der Waals surface area contributed by atoms with Crippen LogP contribution in [0.3, 0.4) is 0 Å². The van der Waals surface area contributed by atoms with Gasteiger partial charge >= 0.3 is 5.97 Å². The molecule has 0 unspecified atom stereocenters. The number of ether oxygens (including phenoxy) is 3. The smallest absolute Gasteiger partial charge is 0.341 e. The van der Waals surface area contributed by atoms with E-state index in [4.69, 9.17) is 30.9 Å². The van der Waals surface area contributed by atoms with Crippen molar-refractivity contribution in [3.63, 3.8) is 0 Å². The van der Waals surface area contributed by atoms with Gasteiger partial charge in [0, 0.05) is 12.6 Å². The van der Waals surface area contributed by atoms with E-state index in [1.54, 1.807) is 30.3 Å². The first-order chi connectivity index (χ1) is 15.6. The third-order valence-corrected chi connectivity index (χ3v) is 4.49. The molecule has 4 aromatic rings. The van der Waals surface area contributed by atoms with Crippen LogP contribution in [-0.2, 0) is 4.79 Å². The minimum Gasteiger partial charge on any atom is -0.493 e. The Morgan fingerprint density at radius 2 is 1.56 bits per heavy atom. The molecule has 4 rings (SSSR count).